The Labute approximate surface area is 830 Å². The molecule has 0 bridgehead atoms. The lowest BCUT2D eigenvalue weighted by Crippen LogP contribution is -2.53. The van der Waals surface area contributed by atoms with Crippen molar-refractivity contribution >= 4 is 81.8 Å². The molecule has 7 aromatic rings. The predicted octanol–water partition coefficient (Wildman–Crippen LogP) is 14.1. The maximum absolute atomic E-state index is 14.7. The fourth-order valence-electron chi connectivity index (χ4n) is 25.4. The molecule has 4 unspecified atom stereocenters. The molecule has 4 aliphatic heterocycles. The van der Waals surface area contributed by atoms with Crippen LogP contribution in [0.4, 0.5) is 0 Å². The number of carbonyl (C=O) groups is 6. The first-order valence-electron chi connectivity index (χ1n) is 51.3. The Morgan fingerprint density at radius 2 is 0.780 bits per heavy atom. The molecule has 0 radical (unpaired) electrons. The topological polar surface area (TPSA) is 376 Å². The number of aromatic nitrogens is 4. The van der Waals surface area contributed by atoms with Crippen LogP contribution in [0.3, 0.4) is 0 Å². The van der Waals surface area contributed by atoms with Crippen LogP contribution in [0.15, 0.2) is 123 Å². The van der Waals surface area contributed by atoms with Crippen LogP contribution in [-0.4, -0.2) is 177 Å². The summed E-state index contributed by atoms with van der Waals surface area (Å²) in [6.07, 6.45) is 33.0. The van der Waals surface area contributed by atoms with Crippen molar-refractivity contribution in [2.45, 2.75) is 306 Å². The van der Waals surface area contributed by atoms with Gasteiger partial charge in [-0.15, -0.1) is 10.2 Å². The van der Waals surface area contributed by atoms with Crippen molar-refractivity contribution in [3.8, 4) is 35.5 Å². The van der Waals surface area contributed by atoms with Crippen molar-refractivity contribution < 1.29 is 57.2 Å². The average Bonchev–Trinajstić information content (AvgIpc) is 1.54. The lowest BCUT2D eigenvalue weighted by molar-refractivity contribution is -0.152. The zero-order valence-electron chi connectivity index (χ0n) is 82.8. The van der Waals surface area contributed by atoms with E-state index in [0.717, 1.165) is 230 Å². The third kappa shape index (κ3) is 17.9. The first kappa shape index (κ1) is 96.7. The van der Waals surface area contributed by atoms with Gasteiger partial charge in [-0.05, 0) is 324 Å². The highest BCUT2D eigenvalue weighted by Gasteiger charge is 2.72. The number of benzene rings is 5. The van der Waals surface area contributed by atoms with Gasteiger partial charge < -0.3 is 51.4 Å². The molecular weight excluding hydrogens is 1790 g/mol. The molecule has 12 aliphatic carbocycles. The van der Waals surface area contributed by atoms with E-state index in [2.05, 4.69) is 116 Å². The monoisotopic (exact) mass is 1920 g/mol. The summed E-state index contributed by atoms with van der Waals surface area (Å²) in [5.74, 6) is 22.0. The summed E-state index contributed by atoms with van der Waals surface area (Å²) in [6, 6.07) is 31.5. The quantitative estimate of drug-likeness (QED) is 0.0458. The summed E-state index contributed by atoms with van der Waals surface area (Å²) in [5, 5.41) is 9.96. The number of esters is 2. The van der Waals surface area contributed by atoms with Crippen molar-refractivity contribution in [2.24, 2.45) is 88.2 Å². The fraction of sp³-hybridized carbons (Fsp3) is 0.554. The molecule has 0 saturated heterocycles. The number of hydrogen-bond acceptors (Lipinski definition) is 25. The van der Waals surface area contributed by atoms with Gasteiger partial charge in [-0.3, -0.25) is 58.3 Å². The van der Waals surface area contributed by atoms with E-state index in [1.54, 1.807) is 64.5 Å². The highest BCUT2D eigenvalue weighted by Crippen LogP contribution is 2.67. The second-order valence-electron chi connectivity index (χ2n) is 43.1. The van der Waals surface area contributed by atoms with Crippen LogP contribution in [-0.2, 0) is 125 Å². The zero-order chi connectivity index (χ0) is 98.3. The van der Waals surface area contributed by atoms with E-state index < -0.39 is 33.5 Å². The molecule has 8 saturated carbocycles. The van der Waals surface area contributed by atoms with E-state index in [1.807, 2.05) is 51.1 Å². The van der Waals surface area contributed by atoms with Gasteiger partial charge in [0.15, 0.2) is 46.0 Å². The minimum atomic E-state index is -1.14. The first-order valence-corrected chi connectivity index (χ1v) is 52.1. The summed E-state index contributed by atoms with van der Waals surface area (Å²) in [6.45, 7) is 9.69. The molecule has 6 heterocycles. The standard InChI is InChI=1S/C31H35N5O2.C28H35N3O4.C27H33N3O4.C26H29N5O2S/c1-38-24-10-12-30(13-11-24)18-23-8-6-21(5-4-20-2-3-20)16-25(23)31(30)28(37)36(29(32)35-31)19-22-7-9-26-27(17-22)34-15-14-33-26;1-18(2)35-24(32)12-15-31-25(33)28(30-26(31)29)23-16-20(7-6-19-4-5-19)8-9-21(23)17-27(28)13-10-22(34-3)11-14-27;1-17(2)34-23(31)16-30-24(32)27(29-25(30)28)22-14-19(7-6-18-4-5-18)8-9-20(22)15-26(27)12-10-21(33-3)11-13-26;1-16-29-30-22(34-16)15-31-23(32)26(28-24(31)27)21-13-18(6-5-17-3-4-17)7-8-19(21)14-25(26)11-9-20(33-2)10-12-25/h6-9,14-17,20,24H,2-5,10-13,18-19H2,1H3,(H2,32,35);8-9,16,18-19,22H,4-5,10-15,17H2,1-3H3,(H2,29,30);8-9,14,17-18,21H,4-5,10-13,15-16H2,1-3H3,(H2,28,29);7-8,13,17,20H,3-4,9-12,14-15H2,1-2H3,(H2,27,28). The third-order valence-corrected chi connectivity index (χ3v) is 34.2. The number of methoxy groups -OCH3 is 4. The van der Waals surface area contributed by atoms with Gasteiger partial charge >= 0.3 is 11.9 Å². The van der Waals surface area contributed by atoms with Crippen LogP contribution < -0.4 is 22.9 Å². The summed E-state index contributed by atoms with van der Waals surface area (Å²) in [5.41, 5.74) is 35.6. The zero-order valence-corrected chi connectivity index (χ0v) is 83.6. The summed E-state index contributed by atoms with van der Waals surface area (Å²) in [7, 11) is 7.06. The van der Waals surface area contributed by atoms with Crippen molar-refractivity contribution in [1.29, 1.82) is 0 Å². The lowest BCUT2D eigenvalue weighted by atomic mass is 9.61. The second kappa shape index (κ2) is 38.5. The minimum Gasteiger partial charge on any atom is -0.463 e. The molecule has 4 atom stereocenters. The Balaban J connectivity index is 0.000000115. The van der Waals surface area contributed by atoms with Crippen LogP contribution in [0.5, 0.6) is 0 Å². The molecule has 141 heavy (non-hydrogen) atoms. The molecule has 2 aromatic heterocycles. The smallest absolute Gasteiger partial charge is 0.326 e. The van der Waals surface area contributed by atoms with Crippen LogP contribution >= 0.6 is 11.3 Å². The van der Waals surface area contributed by atoms with Gasteiger partial charge in [0.1, 0.15) is 16.6 Å². The van der Waals surface area contributed by atoms with Crippen molar-refractivity contribution in [1.82, 2.24) is 39.8 Å². The van der Waals surface area contributed by atoms with E-state index in [1.165, 1.54) is 82.8 Å². The summed E-state index contributed by atoms with van der Waals surface area (Å²) >= 11 is 1.48. The highest BCUT2D eigenvalue weighted by molar-refractivity contribution is 7.11. The van der Waals surface area contributed by atoms with Gasteiger partial charge in [0.25, 0.3) is 23.6 Å². The van der Waals surface area contributed by atoms with Crippen molar-refractivity contribution in [3.05, 3.63) is 186 Å². The summed E-state index contributed by atoms with van der Waals surface area (Å²) in [4.78, 5) is 117. The Hall–Kier alpha value is -11.8. The van der Waals surface area contributed by atoms with E-state index in [4.69, 9.17) is 71.3 Å². The average molecular weight is 1930 g/mol. The van der Waals surface area contributed by atoms with Crippen LogP contribution in [0.25, 0.3) is 11.0 Å². The third-order valence-electron chi connectivity index (χ3n) is 33.4. The number of aliphatic imine (C=N–C) groups is 4. The van der Waals surface area contributed by atoms with Crippen LogP contribution in [0.1, 0.15) is 277 Å². The summed E-state index contributed by atoms with van der Waals surface area (Å²) < 4.78 is 33.2. The number of ether oxygens (including phenoxy) is 6. The molecule has 8 spiro atoms. The fourth-order valence-corrected chi connectivity index (χ4v) is 26.1. The number of guanidine groups is 4. The maximum Gasteiger partial charge on any atom is 0.326 e. The van der Waals surface area contributed by atoms with E-state index in [0.29, 0.717) is 36.8 Å². The van der Waals surface area contributed by atoms with E-state index in [-0.39, 0.29) is 120 Å². The number of hydrogen-bond donors (Lipinski definition) is 4. The van der Waals surface area contributed by atoms with E-state index >= 15 is 0 Å². The van der Waals surface area contributed by atoms with Crippen molar-refractivity contribution in [2.75, 3.05) is 41.5 Å². The number of amides is 4. The normalized spacial score (nSPS) is 29.4. The largest absolute Gasteiger partial charge is 0.463 e. The van der Waals surface area contributed by atoms with Gasteiger partial charge in [-0.1, -0.05) is 102 Å². The molecule has 4 amide bonds. The number of nitrogens with two attached hydrogens (primary N) is 4. The van der Waals surface area contributed by atoms with Crippen molar-refractivity contribution in [3.63, 3.8) is 0 Å². The van der Waals surface area contributed by atoms with Gasteiger partial charge in [-0.2, -0.15) is 0 Å². The van der Waals surface area contributed by atoms with Crippen LogP contribution in [0.2, 0.25) is 0 Å². The van der Waals surface area contributed by atoms with Gasteiger partial charge in [0, 0.05) is 103 Å². The first-order chi connectivity index (χ1) is 68.0. The number of nitrogens with zero attached hydrogens (tertiary/aromatic N) is 12. The molecule has 8 fully saturated rings. The molecule has 738 valence electrons. The van der Waals surface area contributed by atoms with Gasteiger partial charge in [-0.25, -0.2) is 20.0 Å². The van der Waals surface area contributed by atoms with Gasteiger partial charge in [0.05, 0.1) is 67.2 Å². The van der Waals surface area contributed by atoms with Gasteiger partial charge in [0.2, 0.25) is 0 Å². The molecule has 23 rings (SSSR count). The lowest BCUT2D eigenvalue weighted by Gasteiger charge is -2.45. The highest BCUT2D eigenvalue weighted by atomic mass is 32.1. The molecule has 16 aliphatic rings. The Morgan fingerprint density at radius 1 is 0.418 bits per heavy atom. The molecule has 5 aromatic carbocycles. The predicted molar refractivity (Wildman–Crippen MR) is 536 cm³/mol. The Bertz CT molecular complexity index is 6440. The van der Waals surface area contributed by atoms with E-state index in [9.17, 15) is 28.8 Å². The molecule has 29 heteroatoms. The SMILES string of the molecule is COC1CCC2(CC1)Cc1ccc(C#CC3CC3)cc1C21N=C(N)N(CC(=O)OC(C)C)C1=O.COC1CCC2(CC1)Cc1ccc(C#CC3CC3)cc1C21N=C(N)N(CCC(=O)OC(C)C)C1=O.COC1CCC2(CC1)Cc1ccc(C#CC3CC3)cc1C21N=C(N)N(Cc2nnc(C)s2)C1=O.COC1CCC2(CC1)Cc1ccc(CCC3CC3)cc1C21N=C(N)N(Cc2ccc3nccnc3c2)C1=O. The minimum absolute atomic E-state index is 0.0169. The second-order valence-corrected chi connectivity index (χ2v) is 44.3. The molecular formula is C112H132N16O12S. The number of rotatable bonds is 18. The number of aryl methyl sites for hydroxylation is 2. The maximum atomic E-state index is 14.7. The molecule has 28 nitrogen and oxygen atoms in total. The number of carbonyl (C=O) groups excluding carboxylic acids is 6. The Morgan fingerprint density at radius 3 is 1.17 bits per heavy atom. The number of fused-ring (bicyclic) bond motifs is 13. The molecule has 8 N–H and O–H groups in total. The van der Waals surface area contributed by atoms with Crippen LogP contribution in [0, 0.1) is 87.8 Å². The Kier molecular flexibility index (Phi) is 26.4.